The van der Waals surface area contributed by atoms with Crippen molar-refractivity contribution in [1.29, 1.82) is 0 Å². The van der Waals surface area contributed by atoms with E-state index in [1.54, 1.807) is 0 Å². The highest BCUT2D eigenvalue weighted by atomic mass is 16.6. The van der Waals surface area contributed by atoms with Gasteiger partial charge in [-0.15, -0.1) is 0 Å². The topological polar surface area (TPSA) is 64.6 Å². The Morgan fingerprint density at radius 2 is 1.57 bits per heavy atom. The third kappa shape index (κ3) is 15.0. The fourth-order valence-corrected chi connectivity index (χ4v) is 1.75. The maximum absolute atomic E-state index is 11.4. The van der Waals surface area contributed by atoms with Crippen LogP contribution in [0.25, 0.3) is 0 Å². The van der Waals surface area contributed by atoms with Crippen LogP contribution in [0, 0.1) is 0 Å². The van der Waals surface area contributed by atoms with E-state index in [-0.39, 0.29) is 18.2 Å². The van der Waals surface area contributed by atoms with Gasteiger partial charge in [-0.05, 0) is 47.5 Å². The van der Waals surface area contributed by atoms with Gasteiger partial charge in [0.05, 0.1) is 6.10 Å². The largest absolute Gasteiger partial charge is 0.463 e. The number of hydrogen-bond donors (Lipinski definition) is 1. The quantitative estimate of drug-likeness (QED) is 0.519. The van der Waals surface area contributed by atoms with Crippen LogP contribution in [0.2, 0.25) is 0 Å². The van der Waals surface area contributed by atoms with Gasteiger partial charge in [-0.25, -0.2) is 4.79 Å². The molecule has 0 radical (unpaired) electrons. The van der Waals surface area contributed by atoms with Gasteiger partial charge < -0.3 is 14.8 Å². The van der Waals surface area contributed by atoms with Crippen molar-refractivity contribution in [2.75, 3.05) is 6.54 Å². The molecule has 1 N–H and O–H groups in total. The molecule has 0 aliphatic rings. The summed E-state index contributed by atoms with van der Waals surface area (Å²) in [6.07, 6.45) is 5.00. The summed E-state index contributed by atoms with van der Waals surface area (Å²) in [5, 5.41) is 2.73. The molecule has 0 heterocycles. The first-order valence-electron chi connectivity index (χ1n) is 7.87. The molecule has 5 nitrogen and oxygen atoms in total. The van der Waals surface area contributed by atoms with Gasteiger partial charge in [0, 0.05) is 13.0 Å². The Morgan fingerprint density at radius 3 is 2.14 bits per heavy atom. The number of carbonyl (C=O) groups is 2. The third-order valence-electron chi connectivity index (χ3n) is 2.59. The molecule has 0 spiro atoms. The maximum Gasteiger partial charge on any atom is 0.407 e. The summed E-state index contributed by atoms with van der Waals surface area (Å²) >= 11 is 0. The number of unbranched alkanes of at least 4 members (excludes halogenated alkanes) is 4. The zero-order valence-electron chi connectivity index (χ0n) is 14.2. The first-order valence-corrected chi connectivity index (χ1v) is 7.87. The Bertz CT molecular complexity index is 308. The molecular weight excluding hydrogens is 270 g/mol. The molecule has 0 saturated heterocycles. The summed E-state index contributed by atoms with van der Waals surface area (Å²) < 4.78 is 10.2. The molecule has 1 amide bonds. The van der Waals surface area contributed by atoms with Gasteiger partial charge in [0.25, 0.3) is 0 Å². The van der Waals surface area contributed by atoms with Crippen molar-refractivity contribution >= 4 is 12.1 Å². The minimum atomic E-state index is -0.450. The fraction of sp³-hybridized carbons (Fsp3) is 0.875. The number of carbonyl (C=O) groups excluding carboxylic acids is 2. The lowest BCUT2D eigenvalue weighted by Gasteiger charge is -2.19. The van der Waals surface area contributed by atoms with Crippen LogP contribution in [0.1, 0.15) is 73.1 Å². The summed E-state index contributed by atoms with van der Waals surface area (Å²) in [6.45, 7) is 9.88. The predicted molar refractivity (Wildman–Crippen MR) is 83.2 cm³/mol. The van der Waals surface area contributed by atoms with Gasteiger partial charge in [0.2, 0.25) is 0 Å². The number of ether oxygens (including phenoxy) is 2. The molecule has 0 fully saturated rings. The Hall–Kier alpha value is -1.26. The van der Waals surface area contributed by atoms with Crippen LogP contribution in [0.15, 0.2) is 0 Å². The molecule has 0 unspecified atom stereocenters. The smallest absolute Gasteiger partial charge is 0.407 e. The summed E-state index contributed by atoms with van der Waals surface area (Å²) in [6, 6.07) is 0. The lowest BCUT2D eigenvalue weighted by atomic mass is 10.1. The molecule has 21 heavy (non-hydrogen) atoms. The van der Waals surface area contributed by atoms with Gasteiger partial charge in [0.1, 0.15) is 5.60 Å². The van der Waals surface area contributed by atoms with Crippen LogP contribution in [-0.2, 0) is 14.3 Å². The highest BCUT2D eigenvalue weighted by Gasteiger charge is 2.15. The second-order valence-corrected chi connectivity index (χ2v) is 6.49. The minimum absolute atomic E-state index is 0.0311. The fourth-order valence-electron chi connectivity index (χ4n) is 1.75. The lowest BCUT2D eigenvalue weighted by Crippen LogP contribution is -2.32. The van der Waals surface area contributed by atoms with E-state index in [1.165, 1.54) is 0 Å². The van der Waals surface area contributed by atoms with E-state index in [9.17, 15) is 9.59 Å². The van der Waals surface area contributed by atoms with Crippen LogP contribution >= 0.6 is 0 Å². The molecule has 124 valence electrons. The SMILES string of the molecule is CC(C)OC(=O)CCCCCCCNC(=O)OC(C)(C)C. The highest BCUT2D eigenvalue weighted by Crippen LogP contribution is 2.08. The minimum Gasteiger partial charge on any atom is -0.463 e. The molecule has 5 heteroatoms. The predicted octanol–water partition coefficient (Wildman–Crippen LogP) is 3.80. The highest BCUT2D eigenvalue weighted by molar-refractivity contribution is 5.69. The van der Waals surface area contributed by atoms with Crippen LogP contribution in [0.5, 0.6) is 0 Å². The van der Waals surface area contributed by atoms with Crippen molar-refractivity contribution in [2.24, 2.45) is 0 Å². The van der Waals surface area contributed by atoms with Crippen LogP contribution in [0.3, 0.4) is 0 Å². The molecule has 0 atom stereocenters. The zero-order valence-corrected chi connectivity index (χ0v) is 14.2. The first kappa shape index (κ1) is 19.7. The average Bonchev–Trinajstić information content (AvgIpc) is 2.29. The second-order valence-electron chi connectivity index (χ2n) is 6.49. The Kier molecular flexibility index (Phi) is 9.84. The van der Waals surface area contributed by atoms with Gasteiger partial charge in [-0.2, -0.15) is 0 Å². The summed E-state index contributed by atoms with van der Waals surface area (Å²) in [4.78, 5) is 22.7. The van der Waals surface area contributed by atoms with Gasteiger partial charge in [-0.1, -0.05) is 19.3 Å². The Labute approximate surface area is 128 Å². The number of hydrogen-bond acceptors (Lipinski definition) is 4. The second kappa shape index (κ2) is 10.5. The average molecular weight is 301 g/mol. The van der Waals surface area contributed by atoms with Crippen molar-refractivity contribution < 1.29 is 19.1 Å². The molecule has 0 rings (SSSR count). The van der Waals surface area contributed by atoms with Gasteiger partial charge >= 0.3 is 12.1 Å². The van der Waals surface area contributed by atoms with E-state index in [0.29, 0.717) is 13.0 Å². The number of rotatable bonds is 9. The molecular formula is C16H31NO4. The zero-order chi connectivity index (χ0) is 16.3. The Balaban J connectivity index is 3.37. The third-order valence-corrected chi connectivity index (χ3v) is 2.59. The number of amides is 1. The summed E-state index contributed by atoms with van der Waals surface area (Å²) in [5.41, 5.74) is -0.450. The molecule has 0 aliphatic heterocycles. The van der Waals surface area contributed by atoms with Crippen molar-refractivity contribution in [3.05, 3.63) is 0 Å². The van der Waals surface area contributed by atoms with E-state index in [1.807, 2.05) is 34.6 Å². The number of esters is 1. The van der Waals surface area contributed by atoms with Crippen LogP contribution in [0.4, 0.5) is 4.79 Å². The molecule has 0 aliphatic carbocycles. The van der Waals surface area contributed by atoms with E-state index in [2.05, 4.69) is 5.32 Å². The normalized spacial score (nSPS) is 11.3. The maximum atomic E-state index is 11.4. The molecule has 0 aromatic heterocycles. The van der Waals surface area contributed by atoms with E-state index in [4.69, 9.17) is 9.47 Å². The van der Waals surface area contributed by atoms with Crippen LogP contribution < -0.4 is 5.32 Å². The van der Waals surface area contributed by atoms with Crippen molar-refractivity contribution in [2.45, 2.75) is 84.8 Å². The molecule has 0 aromatic carbocycles. The molecule has 0 bridgehead atoms. The standard InChI is InChI=1S/C16H31NO4/c1-13(2)20-14(18)11-9-7-6-8-10-12-17-15(19)21-16(3,4)5/h13H,6-12H2,1-5H3,(H,17,19). The van der Waals surface area contributed by atoms with Crippen LogP contribution in [-0.4, -0.2) is 30.3 Å². The summed E-state index contributed by atoms with van der Waals surface area (Å²) in [7, 11) is 0. The van der Waals surface area contributed by atoms with Crippen molar-refractivity contribution in [3.63, 3.8) is 0 Å². The van der Waals surface area contributed by atoms with Gasteiger partial charge in [0.15, 0.2) is 0 Å². The monoisotopic (exact) mass is 301 g/mol. The Morgan fingerprint density at radius 1 is 1.00 bits per heavy atom. The number of alkyl carbamates (subject to hydrolysis) is 1. The van der Waals surface area contributed by atoms with Crippen molar-refractivity contribution in [3.8, 4) is 0 Å². The summed E-state index contributed by atoms with van der Waals surface area (Å²) in [5.74, 6) is -0.114. The van der Waals surface area contributed by atoms with Gasteiger partial charge in [-0.3, -0.25) is 4.79 Å². The molecule has 0 aromatic rings. The van der Waals surface area contributed by atoms with Crippen molar-refractivity contribution in [1.82, 2.24) is 5.32 Å². The lowest BCUT2D eigenvalue weighted by molar-refractivity contribution is -0.147. The number of nitrogens with one attached hydrogen (secondary N) is 1. The molecule has 0 saturated carbocycles. The van der Waals surface area contributed by atoms with E-state index in [0.717, 1.165) is 32.1 Å². The first-order chi connectivity index (χ1) is 9.70. The van der Waals surface area contributed by atoms with E-state index >= 15 is 0 Å². The van der Waals surface area contributed by atoms with E-state index < -0.39 is 5.60 Å².